The fourth-order valence-corrected chi connectivity index (χ4v) is 8.39. The fourth-order valence-electron chi connectivity index (χ4n) is 8.39. The van der Waals surface area contributed by atoms with Crippen molar-refractivity contribution in [2.75, 3.05) is 0 Å². The minimum absolute atomic E-state index is 0.609. The van der Waals surface area contributed by atoms with Crippen molar-refractivity contribution in [3.05, 3.63) is 140 Å². The van der Waals surface area contributed by atoms with E-state index >= 15 is 0 Å². The van der Waals surface area contributed by atoms with Crippen molar-refractivity contribution in [2.24, 2.45) is 0 Å². The topological polar surface area (TPSA) is 56.7 Å². The molecule has 0 unspecified atom stereocenters. The molecule has 0 bridgehead atoms. The Labute approximate surface area is 323 Å². The van der Waals surface area contributed by atoms with Crippen molar-refractivity contribution >= 4 is 110 Å². The first-order chi connectivity index (χ1) is 26.9. The Bertz CT molecular complexity index is 3070. The number of hydrogen-bond donors (Lipinski definition) is 0. The molecule has 55 heavy (non-hydrogen) atoms. The Kier molecular flexibility index (Phi) is 7.70. The normalized spacial score (nSPS) is 11.6. The summed E-state index contributed by atoms with van der Waals surface area (Å²) in [6.45, 7) is 0. The summed E-state index contributed by atoms with van der Waals surface area (Å²) in [7, 11) is 11.3. The van der Waals surface area contributed by atoms with Gasteiger partial charge in [0.25, 0.3) is 0 Å². The third-order valence-corrected chi connectivity index (χ3v) is 11.6. The summed E-state index contributed by atoms with van der Waals surface area (Å²) in [5.74, 6) is 1.87. The van der Waals surface area contributed by atoms with Crippen molar-refractivity contribution in [2.45, 2.75) is 0 Å². The quantitative estimate of drug-likeness (QED) is 0.260. The standard InChI is InChI=1S/C45H33B5N4O/c46-38-36(39(47)41(49)42(50)40(38)48)26-18-20-29-28-14-7-8-15-31(28)54(33(29)23-26)32-16-9-17-35-37(32)30-22-27(19-21-34(30)55-35)45-52-43(24-10-3-1-4-11-24)51-44(53-45)25-12-5-2-6-13-25/h1-23H,46-50H2. The van der Waals surface area contributed by atoms with Crippen LogP contribution < -0.4 is 27.3 Å². The third kappa shape index (κ3) is 5.27. The molecule has 5 nitrogen and oxygen atoms in total. The van der Waals surface area contributed by atoms with E-state index in [9.17, 15) is 0 Å². The fraction of sp³-hybridized carbons (Fsp3) is 0. The number of nitrogens with zero attached hydrogens (tertiary/aromatic N) is 4. The second-order valence-corrected chi connectivity index (χ2v) is 14.6. The lowest BCUT2D eigenvalue weighted by Gasteiger charge is -2.20. The number of aromatic nitrogens is 4. The molecule has 0 saturated carbocycles. The lowest BCUT2D eigenvalue weighted by molar-refractivity contribution is 0.669. The van der Waals surface area contributed by atoms with Crippen LogP contribution in [0.2, 0.25) is 0 Å². The Balaban J connectivity index is 1.22. The summed E-state index contributed by atoms with van der Waals surface area (Å²) in [5, 5.41) is 4.48. The van der Waals surface area contributed by atoms with Crippen molar-refractivity contribution in [3.8, 4) is 51.0 Å². The van der Waals surface area contributed by atoms with E-state index in [-0.39, 0.29) is 0 Å². The van der Waals surface area contributed by atoms with Crippen LogP contribution in [0.5, 0.6) is 0 Å². The SMILES string of the molecule is Bc1c(B)c(B)c(-c2ccc3c4ccccc4n(-c4cccc5oc6ccc(-c7nc(-c8ccccc8)nc(-c8ccccc8)n7)cc6c45)c3c2)c(B)c1B. The van der Waals surface area contributed by atoms with Gasteiger partial charge in [0.15, 0.2) is 17.5 Å². The molecule has 10 rings (SSSR count). The van der Waals surface area contributed by atoms with Gasteiger partial charge in [0, 0.05) is 32.8 Å². The van der Waals surface area contributed by atoms with E-state index in [1.807, 2.05) is 72.8 Å². The highest BCUT2D eigenvalue weighted by Gasteiger charge is 2.21. The van der Waals surface area contributed by atoms with Crippen LogP contribution >= 0.6 is 0 Å². The van der Waals surface area contributed by atoms with Crippen molar-refractivity contribution in [1.82, 2.24) is 19.5 Å². The lowest BCUT2D eigenvalue weighted by Crippen LogP contribution is -2.55. The highest BCUT2D eigenvalue weighted by Crippen LogP contribution is 2.40. The van der Waals surface area contributed by atoms with Gasteiger partial charge in [-0.2, -0.15) is 0 Å². The number of benzene rings is 7. The van der Waals surface area contributed by atoms with E-state index in [4.69, 9.17) is 19.4 Å². The Morgan fingerprint density at radius 1 is 0.400 bits per heavy atom. The maximum atomic E-state index is 6.59. The van der Waals surface area contributed by atoms with Gasteiger partial charge in [-0.05, 0) is 53.6 Å². The van der Waals surface area contributed by atoms with Gasteiger partial charge in [-0.1, -0.05) is 108 Å². The highest BCUT2D eigenvalue weighted by molar-refractivity contribution is 6.68. The monoisotopic (exact) mass is 700 g/mol. The van der Waals surface area contributed by atoms with Gasteiger partial charge >= 0.3 is 0 Å². The maximum Gasteiger partial charge on any atom is 0.164 e. The van der Waals surface area contributed by atoms with Crippen LogP contribution in [0, 0.1) is 0 Å². The van der Waals surface area contributed by atoms with Gasteiger partial charge in [0.1, 0.15) is 50.4 Å². The van der Waals surface area contributed by atoms with E-state index in [0.29, 0.717) is 17.5 Å². The second kappa shape index (κ2) is 12.8. The van der Waals surface area contributed by atoms with Gasteiger partial charge in [-0.3, -0.25) is 0 Å². The summed E-state index contributed by atoms with van der Waals surface area (Å²) < 4.78 is 9.01. The number of hydrogen-bond acceptors (Lipinski definition) is 4. The molecule has 0 saturated heterocycles. The Hall–Kier alpha value is -6.53. The molecule has 0 aliphatic rings. The van der Waals surface area contributed by atoms with Gasteiger partial charge in [-0.25, -0.2) is 15.0 Å². The summed E-state index contributed by atoms with van der Waals surface area (Å²) in [6, 6.07) is 48.5. The zero-order chi connectivity index (χ0) is 37.4. The molecule has 254 valence electrons. The number of furan rings is 1. The highest BCUT2D eigenvalue weighted by atomic mass is 16.3. The molecular weight excluding hydrogens is 667 g/mol. The summed E-state index contributed by atoms with van der Waals surface area (Å²) in [6.07, 6.45) is 0. The molecule has 0 spiro atoms. The molecule has 0 amide bonds. The minimum atomic E-state index is 0.609. The van der Waals surface area contributed by atoms with Crippen LogP contribution in [-0.2, 0) is 0 Å². The van der Waals surface area contributed by atoms with E-state index in [1.165, 1.54) is 49.2 Å². The van der Waals surface area contributed by atoms with E-state index in [0.717, 1.165) is 55.3 Å². The van der Waals surface area contributed by atoms with Gasteiger partial charge in [-0.15, -0.1) is 16.4 Å². The van der Waals surface area contributed by atoms with Crippen molar-refractivity contribution < 1.29 is 4.42 Å². The molecule has 0 N–H and O–H groups in total. The first-order valence-corrected chi connectivity index (χ1v) is 18.8. The van der Waals surface area contributed by atoms with Crippen LogP contribution in [0.15, 0.2) is 144 Å². The first-order valence-electron chi connectivity index (χ1n) is 18.8. The summed E-state index contributed by atoms with van der Waals surface area (Å²) >= 11 is 0. The molecule has 10 heteroatoms. The van der Waals surface area contributed by atoms with Crippen molar-refractivity contribution in [3.63, 3.8) is 0 Å². The lowest BCUT2D eigenvalue weighted by atomic mass is 9.59. The summed E-state index contributed by atoms with van der Waals surface area (Å²) in [4.78, 5) is 15.0. The second-order valence-electron chi connectivity index (χ2n) is 14.6. The number of para-hydroxylation sites is 1. The van der Waals surface area contributed by atoms with Crippen LogP contribution in [0.4, 0.5) is 0 Å². The van der Waals surface area contributed by atoms with E-state index in [1.54, 1.807) is 0 Å². The first kappa shape index (κ1) is 33.1. The number of fused-ring (bicyclic) bond motifs is 6. The minimum Gasteiger partial charge on any atom is -0.456 e. The molecule has 0 aliphatic heterocycles. The summed E-state index contributed by atoms with van der Waals surface area (Å²) in [5.41, 5.74) is 17.1. The Morgan fingerprint density at radius 2 is 0.964 bits per heavy atom. The predicted octanol–water partition coefficient (Wildman–Crippen LogP) is 2.83. The van der Waals surface area contributed by atoms with E-state index in [2.05, 4.69) is 111 Å². The molecule has 3 aromatic heterocycles. The van der Waals surface area contributed by atoms with Crippen LogP contribution in [0.1, 0.15) is 0 Å². The molecule has 3 heterocycles. The smallest absolute Gasteiger partial charge is 0.164 e. The molecule has 0 radical (unpaired) electrons. The van der Waals surface area contributed by atoms with Crippen molar-refractivity contribution in [1.29, 1.82) is 0 Å². The molecule has 0 fully saturated rings. The molecule has 0 atom stereocenters. The predicted molar refractivity (Wildman–Crippen MR) is 244 cm³/mol. The van der Waals surface area contributed by atoms with Crippen LogP contribution in [0.3, 0.4) is 0 Å². The van der Waals surface area contributed by atoms with E-state index < -0.39 is 0 Å². The zero-order valence-corrected chi connectivity index (χ0v) is 31.5. The van der Waals surface area contributed by atoms with Crippen LogP contribution in [0.25, 0.3) is 94.7 Å². The molecule has 0 aliphatic carbocycles. The van der Waals surface area contributed by atoms with Gasteiger partial charge < -0.3 is 8.98 Å². The van der Waals surface area contributed by atoms with Gasteiger partial charge in [0.2, 0.25) is 0 Å². The molecule has 7 aromatic carbocycles. The largest absolute Gasteiger partial charge is 0.456 e. The third-order valence-electron chi connectivity index (χ3n) is 11.6. The average molecular weight is 700 g/mol. The molecular formula is C45H33B5N4O. The van der Waals surface area contributed by atoms with Crippen LogP contribution in [-0.4, -0.2) is 58.8 Å². The Morgan fingerprint density at radius 3 is 1.64 bits per heavy atom. The van der Waals surface area contributed by atoms with Gasteiger partial charge in [0.05, 0.1) is 22.1 Å². The average Bonchev–Trinajstić information content (AvgIpc) is 3.78. The molecule has 10 aromatic rings. The number of rotatable bonds is 5. The zero-order valence-electron chi connectivity index (χ0n) is 31.5. The maximum absolute atomic E-state index is 6.59.